The van der Waals surface area contributed by atoms with Gasteiger partial charge in [0.05, 0.1) is 32.1 Å². The van der Waals surface area contributed by atoms with Gasteiger partial charge in [-0.1, -0.05) is 17.3 Å². The Morgan fingerprint density at radius 2 is 1.70 bits per heavy atom. The van der Waals surface area contributed by atoms with Crippen molar-refractivity contribution in [3.63, 3.8) is 0 Å². The third-order valence-electron chi connectivity index (χ3n) is 8.76. The molecule has 5 heterocycles. The van der Waals surface area contributed by atoms with Crippen molar-refractivity contribution < 1.29 is 33.7 Å². The van der Waals surface area contributed by atoms with Crippen LogP contribution in [0, 0.1) is 0 Å². The van der Waals surface area contributed by atoms with Crippen molar-refractivity contribution in [1.82, 2.24) is 35.0 Å². The standard InChI is InChI=1S/C29H39N7O7/c37-23-3-1-2-20(14-23)24-17-36(32-31-24)22-15-25-28(39)30-6-11-42-12-13-43-19-27(38)34-8-7-33(21-4-9-41-10-5-21)18-26(34)29(40)35(25)16-22/h1-3,14,17,21-22,25-26,37H,4-13,15-16,18-19H2,(H,30,39)/t22-,25-,26-/m0/s1. The quantitative estimate of drug-likeness (QED) is 0.480. The number of carbonyl (C=O) groups is 3. The van der Waals surface area contributed by atoms with Crippen LogP contribution in [0.4, 0.5) is 0 Å². The van der Waals surface area contributed by atoms with E-state index in [9.17, 15) is 19.5 Å². The van der Waals surface area contributed by atoms with E-state index in [0.29, 0.717) is 63.7 Å². The van der Waals surface area contributed by atoms with Crippen molar-refractivity contribution >= 4 is 17.7 Å². The van der Waals surface area contributed by atoms with Gasteiger partial charge in [0.15, 0.2) is 0 Å². The van der Waals surface area contributed by atoms with Crippen LogP contribution < -0.4 is 5.32 Å². The number of ether oxygens (including phenoxy) is 3. The van der Waals surface area contributed by atoms with Crippen molar-refractivity contribution in [2.45, 2.75) is 43.4 Å². The minimum Gasteiger partial charge on any atom is -0.508 e. The maximum atomic E-state index is 14.4. The van der Waals surface area contributed by atoms with Gasteiger partial charge in [-0.05, 0) is 25.0 Å². The number of carbonyl (C=O) groups excluding carboxylic acids is 3. The van der Waals surface area contributed by atoms with E-state index in [-0.39, 0.29) is 61.9 Å². The van der Waals surface area contributed by atoms with Crippen LogP contribution in [0.2, 0.25) is 0 Å². The predicted molar refractivity (Wildman–Crippen MR) is 152 cm³/mol. The molecule has 3 atom stereocenters. The smallest absolute Gasteiger partial charge is 0.249 e. The fourth-order valence-corrected chi connectivity index (χ4v) is 6.46. The minimum absolute atomic E-state index is 0.122. The van der Waals surface area contributed by atoms with Gasteiger partial charge in [-0.3, -0.25) is 19.3 Å². The Morgan fingerprint density at radius 1 is 0.884 bits per heavy atom. The van der Waals surface area contributed by atoms with E-state index >= 15 is 0 Å². The van der Waals surface area contributed by atoms with Crippen LogP contribution in [0.1, 0.15) is 25.3 Å². The molecule has 2 aromatic rings. The van der Waals surface area contributed by atoms with Crippen LogP contribution in [-0.2, 0) is 28.6 Å². The van der Waals surface area contributed by atoms with E-state index < -0.39 is 12.1 Å². The second-order valence-corrected chi connectivity index (χ2v) is 11.4. The summed E-state index contributed by atoms with van der Waals surface area (Å²) in [5.74, 6) is -0.651. The Hall–Kier alpha value is -3.59. The molecule has 4 aliphatic rings. The second-order valence-electron chi connectivity index (χ2n) is 11.4. The zero-order chi connectivity index (χ0) is 29.8. The molecule has 2 N–H and O–H groups in total. The summed E-state index contributed by atoms with van der Waals surface area (Å²) < 4.78 is 18.4. The Bertz CT molecular complexity index is 1300. The van der Waals surface area contributed by atoms with Crippen molar-refractivity contribution in [2.75, 3.05) is 72.4 Å². The lowest BCUT2D eigenvalue weighted by molar-refractivity contribution is -0.155. The number of aromatic nitrogens is 3. The first kappa shape index (κ1) is 29.5. The lowest BCUT2D eigenvalue weighted by Crippen LogP contribution is -2.64. The fourth-order valence-electron chi connectivity index (χ4n) is 6.46. The molecule has 1 aromatic carbocycles. The molecule has 0 bridgehead atoms. The SMILES string of the molecule is O=C1NCCOCCOCC(=O)N2CCN(C3CCOCC3)C[C@H]2C(=O)N2C[C@@H](n3cc(-c4cccc(O)c4)nn3)C[C@@H]12. The van der Waals surface area contributed by atoms with Crippen LogP contribution in [-0.4, -0.2) is 143 Å². The zero-order valence-electron chi connectivity index (χ0n) is 24.2. The zero-order valence-corrected chi connectivity index (χ0v) is 24.2. The van der Waals surface area contributed by atoms with Crippen LogP contribution in [0.15, 0.2) is 30.5 Å². The molecule has 0 aliphatic carbocycles. The summed E-state index contributed by atoms with van der Waals surface area (Å²) in [4.78, 5) is 46.8. The highest BCUT2D eigenvalue weighted by Gasteiger charge is 2.46. The number of hydrogen-bond donors (Lipinski definition) is 2. The van der Waals surface area contributed by atoms with Gasteiger partial charge in [0, 0.05) is 64.0 Å². The average Bonchev–Trinajstić information content (AvgIpc) is 3.70. The van der Waals surface area contributed by atoms with Crippen molar-refractivity contribution in [3.05, 3.63) is 30.5 Å². The predicted octanol–water partition coefficient (Wildman–Crippen LogP) is -0.352. The number of phenols is 1. The van der Waals surface area contributed by atoms with E-state index in [2.05, 4.69) is 20.5 Å². The monoisotopic (exact) mass is 597 g/mol. The molecular weight excluding hydrogens is 558 g/mol. The molecule has 0 spiro atoms. The van der Waals surface area contributed by atoms with Gasteiger partial charge in [-0.15, -0.1) is 5.10 Å². The first-order valence-corrected chi connectivity index (χ1v) is 15.0. The van der Waals surface area contributed by atoms with Crippen molar-refractivity contribution in [3.8, 4) is 17.0 Å². The number of rotatable bonds is 3. The number of phenolic OH excluding ortho intramolecular Hbond substituents is 1. The molecule has 4 fully saturated rings. The Balaban J connectivity index is 1.27. The normalized spacial score (nSPS) is 27.3. The molecule has 4 aliphatic heterocycles. The highest BCUT2D eigenvalue weighted by atomic mass is 16.5. The highest BCUT2D eigenvalue weighted by molar-refractivity contribution is 5.93. The van der Waals surface area contributed by atoms with Gasteiger partial charge < -0.3 is 34.4 Å². The largest absolute Gasteiger partial charge is 0.508 e. The van der Waals surface area contributed by atoms with E-state index in [1.807, 2.05) is 6.07 Å². The van der Waals surface area contributed by atoms with Gasteiger partial charge >= 0.3 is 0 Å². The summed E-state index contributed by atoms with van der Waals surface area (Å²) in [7, 11) is 0. The maximum Gasteiger partial charge on any atom is 0.249 e. The first-order chi connectivity index (χ1) is 21.0. The summed E-state index contributed by atoms with van der Waals surface area (Å²) in [5.41, 5.74) is 1.28. The van der Waals surface area contributed by atoms with E-state index in [1.54, 1.807) is 38.9 Å². The molecule has 0 saturated carbocycles. The van der Waals surface area contributed by atoms with Crippen LogP contribution >= 0.6 is 0 Å². The van der Waals surface area contributed by atoms with Gasteiger partial charge in [0.25, 0.3) is 0 Å². The molecule has 3 amide bonds. The first-order valence-electron chi connectivity index (χ1n) is 15.0. The summed E-state index contributed by atoms with van der Waals surface area (Å²) in [6.45, 7) is 4.04. The third-order valence-corrected chi connectivity index (χ3v) is 8.76. The van der Waals surface area contributed by atoms with Crippen LogP contribution in [0.3, 0.4) is 0 Å². The van der Waals surface area contributed by atoms with Crippen molar-refractivity contribution in [1.29, 1.82) is 0 Å². The van der Waals surface area contributed by atoms with Gasteiger partial charge in [0.1, 0.15) is 30.1 Å². The number of nitrogens with zero attached hydrogens (tertiary/aromatic N) is 6. The average molecular weight is 598 g/mol. The maximum absolute atomic E-state index is 14.4. The van der Waals surface area contributed by atoms with Crippen molar-refractivity contribution in [2.24, 2.45) is 0 Å². The molecule has 4 saturated heterocycles. The van der Waals surface area contributed by atoms with E-state index in [4.69, 9.17) is 14.2 Å². The number of piperazine rings is 1. The topological polar surface area (TPSA) is 152 Å². The van der Waals surface area contributed by atoms with Gasteiger partial charge in [0.2, 0.25) is 17.7 Å². The number of amides is 3. The number of aromatic hydroxyl groups is 1. The number of benzene rings is 1. The molecule has 43 heavy (non-hydrogen) atoms. The Labute approximate surface area is 249 Å². The van der Waals surface area contributed by atoms with Gasteiger partial charge in [-0.2, -0.15) is 0 Å². The third kappa shape index (κ3) is 6.66. The minimum atomic E-state index is -0.748. The molecule has 1 aromatic heterocycles. The molecule has 232 valence electrons. The lowest BCUT2D eigenvalue weighted by atomic mass is 10.0. The number of fused-ring (bicyclic) bond motifs is 2. The molecule has 6 rings (SSSR count). The molecular formula is C29H39N7O7. The van der Waals surface area contributed by atoms with Gasteiger partial charge in [-0.25, -0.2) is 4.68 Å². The summed E-state index contributed by atoms with van der Waals surface area (Å²) in [5, 5.41) is 21.4. The molecule has 14 heteroatoms. The summed E-state index contributed by atoms with van der Waals surface area (Å²) >= 11 is 0. The van der Waals surface area contributed by atoms with Crippen LogP contribution in [0.5, 0.6) is 5.75 Å². The Kier molecular flexibility index (Phi) is 9.17. The molecule has 0 unspecified atom stereocenters. The molecule has 0 radical (unpaired) electrons. The Morgan fingerprint density at radius 3 is 2.53 bits per heavy atom. The lowest BCUT2D eigenvalue weighted by Gasteiger charge is -2.45. The second kappa shape index (κ2) is 13.4. The summed E-state index contributed by atoms with van der Waals surface area (Å²) in [6, 6.07) is 5.22. The van der Waals surface area contributed by atoms with E-state index in [0.717, 1.165) is 12.8 Å². The van der Waals surface area contributed by atoms with E-state index in [1.165, 1.54) is 0 Å². The fraction of sp³-hybridized carbons (Fsp3) is 0.621. The number of nitrogens with one attached hydrogen (secondary N) is 1. The highest BCUT2D eigenvalue weighted by Crippen LogP contribution is 2.31. The number of hydrogen-bond acceptors (Lipinski definition) is 10. The summed E-state index contributed by atoms with van der Waals surface area (Å²) in [6.07, 6.45) is 3.86. The van der Waals surface area contributed by atoms with Crippen LogP contribution in [0.25, 0.3) is 11.3 Å². The molecule has 14 nitrogen and oxygen atoms in total.